The Morgan fingerprint density at radius 1 is 1.15 bits per heavy atom. The highest BCUT2D eigenvalue weighted by Crippen LogP contribution is 2.30. The molecule has 1 amide bonds. The summed E-state index contributed by atoms with van der Waals surface area (Å²) in [6.07, 6.45) is 5.77. The van der Waals surface area contributed by atoms with Crippen LogP contribution in [0.3, 0.4) is 0 Å². The molecule has 5 heteroatoms. The minimum Gasteiger partial charge on any atom is -0.490 e. The lowest BCUT2D eigenvalue weighted by atomic mass is 9.87. The van der Waals surface area contributed by atoms with Crippen LogP contribution >= 0.6 is 0 Å². The number of carbonyl (C=O) groups excluding carboxylic acids is 1. The Balaban J connectivity index is 1.47. The average molecular weight is 356 g/mol. The molecule has 3 rings (SSSR count). The standard InChI is InChI=1S/C21H28N2O3/c1-21(2,3)26-20(24)23-14-15-8-10-16(11-9-15)25-19-12-13-22-18-7-5-4-6-17(18)19/h4-7,12-13,15-16H,8-11,14H2,1-3H3,(H,23,24)/t15-,16-. The van der Waals surface area contributed by atoms with E-state index in [1.165, 1.54) is 0 Å². The Bertz CT molecular complexity index is 741. The van der Waals surface area contributed by atoms with Crippen LogP contribution in [0.2, 0.25) is 0 Å². The number of benzene rings is 1. The summed E-state index contributed by atoms with van der Waals surface area (Å²) >= 11 is 0. The molecule has 1 aromatic heterocycles. The second-order valence-corrected chi connectivity index (χ2v) is 7.97. The molecule has 0 unspecified atom stereocenters. The highest BCUT2D eigenvalue weighted by atomic mass is 16.6. The summed E-state index contributed by atoms with van der Waals surface area (Å²) in [7, 11) is 0. The van der Waals surface area contributed by atoms with Gasteiger partial charge in [-0.05, 0) is 70.6 Å². The van der Waals surface area contributed by atoms with E-state index in [9.17, 15) is 4.79 Å². The van der Waals surface area contributed by atoms with Gasteiger partial charge >= 0.3 is 6.09 Å². The summed E-state index contributed by atoms with van der Waals surface area (Å²) < 4.78 is 11.5. The molecule has 0 bridgehead atoms. The number of aromatic nitrogens is 1. The average Bonchev–Trinajstić information content (AvgIpc) is 2.60. The fourth-order valence-electron chi connectivity index (χ4n) is 3.35. The number of nitrogens with one attached hydrogen (secondary N) is 1. The van der Waals surface area contributed by atoms with E-state index in [1.807, 2.05) is 51.1 Å². The molecule has 0 aliphatic heterocycles. The van der Waals surface area contributed by atoms with Gasteiger partial charge in [0.25, 0.3) is 0 Å². The van der Waals surface area contributed by atoms with Gasteiger partial charge in [-0.1, -0.05) is 12.1 Å². The van der Waals surface area contributed by atoms with Crippen molar-refractivity contribution in [2.75, 3.05) is 6.54 Å². The van der Waals surface area contributed by atoms with Crippen molar-refractivity contribution in [3.63, 3.8) is 0 Å². The Labute approximate surface area is 155 Å². The smallest absolute Gasteiger partial charge is 0.407 e. The zero-order chi connectivity index (χ0) is 18.6. The van der Waals surface area contributed by atoms with E-state index in [-0.39, 0.29) is 12.2 Å². The first-order valence-electron chi connectivity index (χ1n) is 9.38. The summed E-state index contributed by atoms with van der Waals surface area (Å²) in [5, 5.41) is 3.95. The number of hydrogen-bond donors (Lipinski definition) is 1. The van der Waals surface area contributed by atoms with Crippen LogP contribution in [-0.2, 0) is 4.74 Å². The summed E-state index contributed by atoms with van der Waals surface area (Å²) in [4.78, 5) is 16.1. The van der Waals surface area contributed by atoms with Gasteiger partial charge in [-0.2, -0.15) is 0 Å². The highest BCUT2D eigenvalue weighted by molar-refractivity contribution is 5.84. The lowest BCUT2D eigenvalue weighted by Crippen LogP contribution is -2.37. The molecule has 0 atom stereocenters. The maximum absolute atomic E-state index is 11.8. The van der Waals surface area contributed by atoms with Gasteiger partial charge in [0.05, 0.1) is 11.6 Å². The van der Waals surface area contributed by atoms with Crippen molar-refractivity contribution in [3.8, 4) is 5.75 Å². The highest BCUT2D eigenvalue weighted by Gasteiger charge is 2.24. The number of alkyl carbamates (subject to hydrolysis) is 1. The van der Waals surface area contributed by atoms with E-state index < -0.39 is 5.60 Å². The fraction of sp³-hybridized carbons (Fsp3) is 0.524. The number of rotatable bonds is 4. The molecule has 0 spiro atoms. The molecule has 26 heavy (non-hydrogen) atoms. The van der Waals surface area contributed by atoms with Crippen molar-refractivity contribution in [1.82, 2.24) is 10.3 Å². The van der Waals surface area contributed by atoms with Crippen LogP contribution in [0.25, 0.3) is 10.9 Å². The van der Waals surface area contributed by atoms with Gasteiger partial charge in [0.2, 0.25) is 0 Å². The van der Waals surface area contributed by atoms with Gasteiger partial charge in [-0.15, -0.1) is 0 Å². The van der Waals surface area contributed by atoms with Crippen LogP contribution in [-0.4, -0.2) is 29.3 Å². The van der Waals surface area contributed by atoms with Crippen LogP contribution in [0.5, 0.6) is 5.75 Å². The van der Waals surface area contributed by atoms with Crippen LogP contribution < -0.4 is 10.1 Å². The third kappa shape index (κ3) is 5.10. The van der Waals surface area contributed by atoms with Gasteiger partial charge in [-0.3, -0.25) is 4.98 Å². The summed E-state index contributed by atoms with van der Waals surface area (Å²) in [5.74, 6) is 1.39. The number of ether oxygens (including phenoxy) is 2. The molecule has 0 saturated heterocycles. The number of hydrogen-bond acceptors (Lipinski definition) is 4. The lowest BCUT2D eigenvalue weighted by molar-refractivity contribution is 0.0508. The van der Waals surface area contributed by atoms with Gasteiger partial charge in [0.15, 0.2) is 0 Å². The summed E-state index contributed by atoms with van der Waals surface area (Å²) in [5.41, 5.74) is 0.503. The van der Waals surface area contributed by atoms with Crippen LogP contribution in [0.1, 0.15) is 46.5 Å². The van der Waals surface area contributed by atoms with Crippen molar-refractivity contribution in [2.24, 2.45) is 5.92 Å². The molecule has 1 heterocycles. The molecule has 1 fully saturated rings. The molecule has 1 aliphatic rings. The molecular formula is C21H28N2O3. The molecule has 1 saturated carbocycles. The van der Waals surface area contributed by atoms with E-state index in [2.05, 4.69) is 10.3 Å². The number of amides is 1. The van der Waals surface area contributed by atoms with Gasteiger partial charge in [0.1, 0.15) is 11.4 Å². The predicted octanol–water partition coefficient (Wildman–Crippen LogP) is 4.70. The van der Waals surface area contributed by atoms with Gasteiger partial charge < -0.3 is 14.8 Å². The molecule has 2 aromatic rings. The molecule has 5 nitrogen and oxygen atoms in total. The van der Waals surface area contributed by atoms with E-state index in [1.54, 1.807) is 6.20 Å². The molecule has 0 radical (unpaired) electrons. The SMILES string of the molecule is CC(C)(C)OC(=O)NC[C@H]1CC[C@H](Oc2ccnc3ccccc23)CC1. The number of nitrogens with zero attached hydrogens (tertiary/aromatic N) is 1. The predicted molar refractivity (Wildman–Crippen MR) is 102 cm³/mol. The van der Waals surface area contributed by atoms with Crippen molar-refractivity contribution in [1.29, 1.82) is 0 Å². The minimum atomic E-state index is -0.455. The van der Waals surface area contributed by atoms with Gasteiger partial charge in [-0.25, -0.2) is 4.79 Å². The lowest BCUT2D eigenvalue weighted by Gasteiger charge is -2.29. The quantitative estimate of drug-likeness (QED) is 0.863. The Hall–Kier alpha value is -2.30. The molecule has 1 aromatic carbocycles. The van der Waals surface area contributed by atoms with Crippen molar-refractivity contribution < 1.29 is 14.3 Å². The monoisotopic (exact) mass is 356 g/mol. The third-order valence-electron chi connectivity index (χ3n) is 4.63. The van der Waals surface area contributed by atoms with Crippen molar-refractivity contribution >= 4 is 17.0 Å². The topological polar surface area (TPSA) is 60.5 Å². The fourth-order valence-corrected chi connectivity index (χ4v) is 3.35. The zero-order valence-electron chi connectivity index (χ0n) is 15.8. The number of pyridine rings is 1. The number of para-hydroxylation sites is 1. The molecular weight excluding hydrogens is 328 g/mol. The third-order valence-corrected chi connectivity index (χ3v) is 4.63. The van der Waals surface area contributed by atoms with Gasteiger partial charge in [0, 0.05) is 18.1 Å². The molecule has 140 valence electrons. The minimum absolute atomic E-state index is 0.221. The zero-order valence-corrected chi connectivity index (χ0v) is 15.8. The number of fused-ring (bicyclic) bond motifs is 1. The van der Waals surface area contributed by atoms with Crippen molar-refractivity contribution in [2.45, 2.75) is 58.2 Å². The maximum Gasteiger partial charge on any atom is 0.407 e. The Morgan fingerprint density at radius 3 is 2.62 bits per heavy atom. The largest absolute Gasteiger partial charge is 0.490 e. The second-order valence-electron chi connectivity index (χ2n) is 7.97. The van der Waals surface area contributed by atoms with E-state index in [4.69, 9.17) is 9.47 Å². The summed E-state index contributed by atoms with van der Waals surface area (Å²) in [6.45, 7) is 6.29. The molecule has 1 aliphatic carbocycles. The van der Waals surface area contributed by atoms with Crippen molar-refractivity contribution in [3.05, 3.63) is 36.5 Å². The first-order valence-corrected chi connectivity index (χ1v) is 9.38. The van der Waals surface area contributed by atoms with E-state index >= 15 is 0 Å². The van der Waals surface area contributed by atoms with Crippen LogP contribution in [0, 0.1) is 5.92 Å². The first kappa shape index (κ1) is 18.5. The first-order chi connectivity index (χ1) is 12.4. The second kappa shape index (κ2) is 7.94. The maximum atomic E-state index is 11.8. The van der Waals surface area contributed by atoms with E-state index in [0.717, 1.165) is 42.3 Å². The Kier molecular flexibility index (Phi) is 5.64. The molecule has 1 N–H and O–H groups in total. The van der Waals surface area contributed by atoms with Crippen LogP contribution in [0.4, 0.5) is 4.79 Å². The Morgan fingerprint density at radius 2 is 1.88 bits per heavy atom. The van der Waals surface area contributed by atoms with Crippen LogP contribution in [0.15, 0.2) is 36.5 Å². The number of carbonyl (C=O) groups is 1. The normalized spacial score (nSPS) is 20.6. The summed E-state index contributed by atoms with van der Waals surface area (Å²) in [6, 6.07) is 9.99. The van der Waals surface area contributed by atoms with E-state index in [0.29, 0.717) is 12.5 Å².